The fourth-order valence-corrected chi connectivity index (χ4v) is 1.54. The summed E-state index contributed by atoms with van der Waals surface area (Å²) in [6.07, 6.45) is -1.84. The highest BCUT2D eigenvalue weighted by molar-refractivity contribution is 5.14. The Morgan fingerprint density at radius 1 is 1.26 bits per heavy atom. The van der Waals surface area contributed by atoms with Crippen LogP contribution in [-0.4, -0.2) is 17.1 Å². The molecule has 106 valence electrons. The Balaban J connectivity index is 2.67. The molecule has 0 aliphatic carbocycles. The molecule has 1 aromatic carbocycles. The van der Waals surface area contributed by atoms with Gasteiger partial charge in [-0.1, -0.05) is 57.7 Å². The third-order valence-electron chi connectivity index (χ3n) is 2.79. The zero-order chi connectivity index (χ0) is 14.7. The second-order valence-electron chi connectivity index (χ2n) is 5.59. The lowest BCUT2D eigenvalue weighted by atomic mass is 9.85. The molecule has 1 N–H and O–H groups in total. The SMILES string of the molecule is C=C(OCc1ccccc1)C(F)(F)[C@@H](O)C(C)(C)C. The van der Waals surface area contributed by atoms with Gasteiger partial charge in [-0.25, -0.2) is 0 Å². The molecule has 0 bridgehead atoms. The van der Waals surface area contributed by atoms with E-state index in [1.807, 2.05) is 6.07 Å². The molecule has 0 amide bonds. The van der Waals surface area contributed by atoms with Crippen LogP contribution in [0.5, 0.6) is 0 Å². The van der Waals surface area contributed by atoms with E-state index in [0.717, 1.165) is 5.56 Å². The highest BCUT2D eigenvalue weighted by atomic mass is 19.3. The third-order valence-corrected chi connectivity index (χ3v) is 2.79. The van der Waals surface area contributed by atoms with Crippen LogP contribution in [0.25, 0.3) is 0 Å². The lowest BCUT2D eigenvalue weighted by Crippen LogP contribution is -2.44. The van der Waals surface area contributed by atoms with Gasteiger partial charge in [0.1, 0.15) is 12.7 Å². The van der Waals surface area contributed by atoms with Gasteiger partial charge in [0.2, 0.25) is 0 Å². The van der Waals surface area contributed by atoms with Gasteiger partial charge in [-0.15, -0.1) is 0 Å². The second-order valence-corrected chi connectivity index (χ2v) is 5.59. The first-order valence-corrected chi connectivity index (χ1v) is 6.07. The molecule has 0 saturated heterocycles. The minimum absolute atomic E-state index is 0.00608. The summed E-state index contributed by atoms with van der Waals surface area (Å²) in [5, 5.41) is 9.69. The quantitative estimate of drug-likeness (QED) is 0.825. The molecule has 0 spiro atoms. The molecular weight excluding hydrogens is 250 g/mol. The van der Waals surface area contributed by atoms with Gasteiger partial charge in [-0.3, -0.25) is 0 Å². The second kappa shape index (κ2) is 5.70. The van der Waals surface area contributed by atoms with E-state index in [-0.39, 0.29) is 6.61 Å². The van der Waals surface area contributed by atoms with Crippen LogP contribution in [0.1, 0.15) is 26.3 Å². The van der Waals surface area contributed by atoms with Crippen molar-refractivity contribution < 1.29 is 18.6 Å². The summed E-state index contributed by atoms with van der Waals surface area (Å²) in [6, 6.07) is 8.96. The van der Waals surface area contributed by atoms with E-state index in [4.69, 9.17) is 4.74 Å². The molecule has 0 saturated carbocycles. The number of benzene rings is 1. The summed E-state index contributed by atoms with van der Waals surface area (Å²) < 4.78 is 32.9. The van der Waals surface area contributed by atoms with Crippen LogP contribution < -0.4 is 0 Å². The number of hydrogen-bond acceptors (Lipinski definition) is 2. The number of ether oxygens (including phenoxy) is 1. The van der Waals surface area contributed by atoms with E-state index in [9.17, 15) is 13.9 Å². The highest BCUT2D eigenvalue weighted by Crippen LogP contribution is 2.37. The predicted octanol–water partition coefficient (Wildman–Crippen LogP) is 3.76. The molecule has 0 unspecified atom stereocenters. The van der Waals surface area contributed by atoms with Crippen LogP contribution in [0.3, 0.4) is 0 Å². The van der Waals surface area contributed by atoms with Crippen molar-refractivity contribution in [3.05, 3.63) is 48.2 Å². The summed E-state index contributed by atoms with van der Waals surface area (Å²) in [7, 11) is 0. The summed E-state index contributed by atoms with van der Waals surface area (Å²) in [4.78, 5) is 0. The van der Waals surface area contributed by atoms with E-state index in [0.29, 0.717) is 0 Å². The minimum atomic E-state index is -3.48. The molecular formula is C15H20F2O2. The average Bonchev–Trinajstić information content (AvgIpc) is 2.35. The molecule has 0 aliphatic heterocycles. The fraction of sp³-hybridized carbons (Fsp3) is 0.467. The Labute approximate surface area is 112 Å². The molecule has 0 heterocycles. The predicted molar refractivity (Wildman–Crippen MR) is 70.8 cm³/mol. The van der Waals surface area contributed by atoms with Crippen molar-refractivity contribution in [3.8, 4) is 0 Å². The smallest absolute Gasteiger partial charge is 0.329 e. The summed E-state index contributed by atoms with van der Waals surface area (Å²) in [5.74, 6) is -4.19. The third kappa shape index (κ3) is 4.03. The van der Waals surface area contributed by atoms with Crippen molar-refractivity contribution >= 4 is 0 Å². The van der Waals surface area contributed by atoms with Gasteiger partial charge in [0.15, 0.2) is 5.76 Å². The largest absolute Gasteiger partial charge is 0.487 e. The van der Waals surface area contributed by atoms with E-state index >= 15 is 0 Å². The summed E-state index contributed by atoms with van der Waals surface area (Å²) in [5.41, 5.74) is -0.188. The topological polar surface area (TPSA) is 29.5 Å². The van der Waals surface area contributed by atoms with Gasteiger partial charge in [-0.05, 0) is 11.0 Å². The van der Waals surface area contributed by atoms with Gasteiger partial charge >= 0.3 is 5.92 Å². The zero-order valence-electron chi connectivity index (χ0n) is 11.5. The van der Waals surface area contributed by atoms with Crippen molar-refractivity contribution in [1.29, 1.82) is 0 Å². The van der Waals surface area contributed by atoms with E-state index in [1.54, 1.807) is 24.3 Å². The average molecular weight is 270 g/mol. The Kier molecular flexibility index (Phi) is 4.69. The normalized spacial score (nSPS) is 14.0. The zero-order valence-corrected chi connectivity index (χ0v) is 11.5. The van der Waals surface area contributed by atoms with Crippen molar-refractivity contribution in [1.82, 2.24) is 0 Å². The number of halogens is 2. The number of hydrogen-bond donors (Lipinski definition) is 1. The molecule has 19 heavy (non-hydrogen) atoms. The Morgan fingerprint density at radius 3 is 2.26 bits per heavy atom. The maximum Gasteiger partial charge on any atom is 0.329 e. The van der Waals surface area contributed by atoms with Gasteiger partial charge in [0.05, 0.1) is 0 Å². The molecule has 0 fully saturated rings. The van der Waals surface area contributed by atoms with E-state index < -0.39 is 23.2 Å². The van der Waals surface area contributed by atoms with Crippen molar-refractivity contribution in [2.75, 3.05) is 0 Å². The van der Waals surface area contributed by atoms with Crippen LogP contribution in [0.15, 0.2) is 42.7 Å². The first-order chi connectivity index (χ1) is 8.65. The van der Waals surface area contributed by atoms with Gasteiger partial charge in [0.25, 0.3) is 0 Å². The molecule has 1 aromatic rings. The number of aliphatic hydroxyl groups is 1. The van der Waals surface area contributed by atoms with Gasteiger partial charge < -0.3 is 9.84 Å². The maximum absolute atomic E-state index is 13.9. The van der Waals surface area contributed by atoms with Gasteiger partial charge in [0, 0.05) is 0 Å². The molecule has 1 atom stereocenters. The lowest BCUT2D eigenvalue weighted by Gasteiger charge is -2.33. The maximum atomic E-state index is 13.9. The molecule has 0 aromatic heterocycles. The van der Waals surface area contributed by atoms with Crippen LogP contribution in [0, 0.1) is 5.41 Å². The fourth-order valence-electron chi connectivity index (χ4n) is 1.54. The Bertz CT molecular complexity index is 422. The van der Waals surface area contributed by atoms with Crippen molar-refractivity contribution in [2.45, 2.75) is 39.4 Å². The Hall–Kier alpha value is -1.42. The minimum Gasteiger partial charge on any atom is -0.487 e. The monoisotopic (exact) mass is 270 g/mol. The summed E-state index contributed by atoms with van der Waals surface area (Å²) in [6.45, 7) is 7.86. The van der Waals surface area contributed by atoms with Crippen molar-refractivity contribution in [2.24, 2.45) is 5.41 Å². The molecule has 0 radical (unpaired) electrons. The number of alkyl halides is 2. The molecule has 2 nitrogen and oxygen atoms in total. The van der Waals surface area contributed by atoms with Crippen molar-refractivity contribution in [3.63, 3.8) is 0 Å². The van der Waals surface area contributed by atoms with Gasteiger partial charge in [-0.2, -0.15) is 8.78 Å². The molecule has 1 rings (SSSR count). The molecule has 0 aliphatic rings. The number of rotatable bonds is 5. The van der Waals surface area contributed by atoms with Crippen LogP contribution in [0.4, 0.5) is 8.78 Å². The first kappa shape index (κ1) is 15.6. The standard InChI is InChI=1S/C15H20F2O2/c1-11(15(16,17)13(18)14(2,3)4)19-10-12-8-6-5-7-9-12/h5-9,13,18H,1,10H2,2-4H3/t13-/m0/s1. The Morgan fingerprint density at radius 2 is 1.79 bits per heavy atom. The van der Waals surface area contributed by atoms with Crippen LogP contribution >= 0.6 is 0 Å². The summed E-state index contributed by atoms with van der Waals surface area (Å²) >= 11 is 0. The van der Waals surface area contributed by atoms with Crippen LogP contribution in [0.2, 0.25) is 0 Å². The molecule has 4 heteroatoms. The van der Waals surface area contributed by atoms with Crippen LogP contribution in [-0.2, 0) is 11.3 Å². The first-order valence-electron chi connectivity index (χ1n) is 6.07. The van der Waals surface area contributed by atoms with E-state index in [2.05, 4.69) is 6.58 Å². The van der Waals surface area contributed by atoms with E-state index in [1.165, 1.54) is 20.8 Å². The highest BCUT2D eigenvalue weighted by Gasteiger charge is 2.48. The number of aliphatic hydroxyl groups excluding tert-OH is 1. The lowest BCUT2D eigenvalue weighted by molar-refractivity contribution is -0.150.